The van der Waals surface area contributed by atoms with E-state index in [4.69, 9.17) is 5.73 Å². The number of carbonyl (C=O) groups excluding carboxylic acids is 1. The maximum atomic E-state index is 12.8. The molecule has 25 heavy (non-hydrogen) atoms. The fourth-order valence-corrected chi connectivity index (χ4v) is 4.93. The number of nitrogens with one attached hydrogen (secondary N) is 1. The molecule has 0 saturated carbocycles. The van der Waals surface area contributed by atoms with Gasteiger partial charge in [-0.2, -0.15) is 0 Å². The molecule has 2 aliphatic rings. The lowest BCUT2D eigenvalue weighted by molar-refractivity contribution is -0.125. The highest BCUT2D eigenvalue weighted by Gasteiger charge is 2.46. The van der Waals surface area contributed by atoms with Crippen LogP contribution in [0.15, 0.2) is 35.7 Å². The van der Waals surface area contributed by atoms with Crippen LogP contribution in [-0.2, 0) is 11.2 Å². The number of anilines is 1. The van der Waals surface area contributed by atoms with Crippen molar-refractivity contribution in [3.05, 3.63) is 47.0 Å². The molecule has 0 spiro atoms. The molecule has 2 fully saturated rings. The van der Waals surface area contributed by atoms with Gasteiger partial charge in [-0.1, -0.05) is 30.3 Å². The van der Waals surface area contributed by atoms with Gasteiger partial charge >= 0.3 is 0 Å². The van der Waals surface area contributed by atoms with E-state index >= 15 is 0 Å². The highest BCUT2D eigenvalue weighted by Crippen LogP contribution is 2.44. The number of rotatable bonds is 5. The molecule has 4 rings (SSSR count). The molecule has 0 bridgehead atoms. The van der Waals surface area contributed by atoms with Gasteiger partial charge in [0.15, 0.2) is 5.13 Å². The van der Waals surface area contributed by atoms with Gasteiger partial charge in [-0.05, 0) is 31.4 Å². The molecule has 132 valence electrons. The van der Waals surface area contributed by atoms with Crippen molar-refractivity contribution in [2.24, 2.45) is 5.92 Å². The fourth-order valence-electron chi connectivity index (χ4n) is 4.33. The summed E-state index contributed by atoms with van der Waals surface area (Å²) in [5.74, 6) is 0.284. The van der Waals surface area contributed by atoms with Crippen LogP contribution in [-0.4, -0.2) is 34.9 Å². The van der Waals surface area contributed by atoms with E-state index in [-0.39, 0.29) is 11.8 Å². The van der Waals surface area contributed by atoms with E-state index < -0.39 is 0 Å². The molecule has 1 aromatic carbocycles. The number of benzene rings is 1. The molecule has 0 unspecified atom stereocenters. The number of nitrogens with two attached hydrogens (primary N) is 1. The van der Waals surface area contributed by atoms with E-state index in [0.29, 0.717) is 23.8 Å². The maximum Gasteiger partial charge on any atom is 0.224 e. The summed E-state index contributed by atoms with van der Waals surface area (Å²) in [6.45, 7) is 1.73. The van der Waals surface area contributed by atoms with Gasteiger partial charge in [0.1, 0.15) is 0 Å². The third-order valence-corrected chi connectivity index (χ3v) is 6.18. The zero-order valence-corrected chi connectivity index (χ0v) is 15.0. The summed E-state index contributed by atoms with van der Waals surface area (Å²) in [5.41, 5.74) is 7.95. The predicted octanol–water partition coefficient (Wildman–Crippen LogP) is 2.61. The maximum absolute atomic E-state index is 12.8. The van der Waals surface area contributed by atoms with Crippen LogP contribution < -0.4 is 11.1 Å². The zero-order chi connectivity index (χ0) is 17.2. The Labute approximate surface area is 152 Å². The van der Waals surface area contributed by atoms with Crippen LogP contribution >= 0.6 is 11.3 Å². The summed E-state index contributed by atoms with van der Waals surface area (Å²) >= 11 is 1.45. The minimum absolute atomic E-state index is 0.0909. The van der Waals surface area contributed by atoms with Crippen molar-refractivity contribution in [1.82, 2.24) is 15.2 Å². The van der Waals surface area contributed by atoms with Crippen molar-refractivity contribution in [1.29, 1.82) is 0 Å². The van der Waals surface area contributed by atoms with Gasteiger partial charge in [-0.25, -0.2) is 4.98 Å². The second-order valence-electron chi connectivity index (χ2n) is 6.93. The Bertz CT molecular complexity index is 732. The molecule has 1 aromatic heterocycles. The largest absolute Gasteiger partial charge is 0.375 e. The number of thiazole rings is 1. The van der Waals surface area contributed by atoms with Crippen LogP contribution in [0.2, 0.25) is 0 Å². The van der Waals surface area contributed by atoms with Crippen LogP contribution in [0.5, 0.6) is 0 Å². The van der Waals surface area contributed by atoms with Gasteiger partial charge in [0.05, 0.1) is 11.6 Å². The van der Waals surface area contributed by atoms with Crippen molar-refractivity contribution in [3.63, 3.8) is 0 Å². The smallest absolute Gasteiger partial charge is 0.224 e. The van der Waals surface area contributed by atoms with E-state index in [9.17, 15) is 4.79 Å². The highest BCUT2D eigenvalue weighted by atomic mass is 32.1. The quantitative estimate of drug-likeness (QED) is 0.864. The monoisotopic (exact) mass is 356 g/mol. The number of nitrogens with zero attached hydrogens (tertiary/aromatic N) is 2. The highest BCUT2D eigenvalue weighted by molar-refractivity contribution is 7.13. The van der Waals surface area contributed by atoms with Gasteiger partial charge < -0.3 is 11.1 Å². The van der Waals surface area contributed by atoms with E-state index in [0.717, 1.165) is 31.5 Å². The molecule has 3 N–H and O–H groups in total. The Morgan fingerprint density at radius 2 is 2.20 bits per heavy atom. The molecule has 2 saturated heterocycles. The number of hydrogen-bond acceptors (Lipinski definition) is 5. The number of carbonyl (C=O) groups is 1. The summed E-state index contributed by atoms with van der Waals surface area (Å²) in [4.78, 5) is 19.6. The normalized spacial score (nSPS) is 25.8. The first-order valence-electron chi connectivity index (χ1n) is 9.00. The van der Waals surface area contributed by atoms with Crippen molar-refractivity contribution in [2.75, 3.05) is 18.8 Å². The lowest BCUT2D eigenvalue weighted by Crippen LogP contribution is -2.38. The molecule has 0 radical (unpaired) electrons. The Hall–Kier alpha value is -1.92. The standard InChI is InChI=1S/C19H24N4OS/c20-19-22-14(12-25-19)8-9-21-18(24)15-11-17(13-5-2-1-3-6-13)23-10-4-7-16(15)23/h1-3,5-6,12,15-17H,4,7-11H2,(H2,20,22)(H,21,24)/t15-,16+,17-/m0/s1. The zero-order valence-electron chi connectivity index (χ0n) is 14.2. The Morgan fingerprint density at radius 3 is 2.96 bits per heavy atom. The molecule has 0 aliphatic carbocycles. The van der Waals surface area contributed by atoms with Gasteiger partial charge in [-0.3, -0.25) is 9.69 Å². The third-order valence-electron chi connectivity index (χ3n) is 5.46. The van der Waals surface area contributed by atoms with Gasteiger partial charge in [-0.15, -0.1) is 11.3 Å². The average Bonchev–Trinajstić information content (AvgIpc) is 3.32. The van der Waals surface area contributed by atoms with Crippen LogP contribution in [0, 0.1) is 5.92 Å². The lowest BCUT2D eigenvalue weighted by Gasteiger charge is -2.24. The number of aromatic nitrogens is 1. The molecular weight excluding hydrogens is 332 g/mol. The predicted molar refractivity (Wildman–Crippen MR) is 100 cm³/mol. The average molecular weight is 356 g/mol. The van der Waals surface area contributed by atoms with E-state index in [1.807, 2.05) is 5.38 Å². The first-order chi connectivity index (χ1) is 12.2. The van der Waals surface area contributed by atoms with E-state index in [2.05, 4.69) is 45.5 Å². The van der Waals surface area contributed by atoms with Gasteiger partial charge in [0.25, 0.3) is 0 Å². The Morgan fingerprint density at radius 1 is 1.36 bits per heavy atom. The van der Waals surface area contributed by atoms with Crippen LogP contribution in [0.4, 0.5) is 5.13 Å². The van der Waals surface area contributed by atoms with Crippen molar-refractivity contribution in [3.8, 4) is 0 Å². The summed E-state index contributed by atoms with van der Waals surface area (Å²) in [7, 11) is 0. The van der Waals surface area contributed by atoms with Gasteiger partial charge in [0, 0.05) is 30.4 Å². The molecule has 2 aliphatic heterocycles. The Balaban J connectivity index is 1.38. The molecule has 5 nitrogen and oxygen atoms in total. The fraction of sp³-hybridized carbons (Fsp3) is 0.474. The van der Waals surface area contributed by atoms with E-state index in [1.54, 1.807) is 0 Å². The van der Waals surface area contributed by atoms with Crippen LogP contribution in [0.1, 0.15) is 36.6 Å². The number of amides is 1. The van der Waals surface area contributed by atoms with Crippen LogP contribution in [0.25, 0.3) is 0 Å². The number of fused-ring (bicyclic) bond motifs is 1. The van der Waals surface area contributed by atoms with Gasteiger partial charge in [0.2, 0.25) is 5.91 Å². The van der Waals surface area contributed by atoms with Crippen molar-refractivity contribution >= 4 is 22.4 Å². The summed E-state index contributed by atoms with van der Waals surface area (Å²) in [5, 5.41) is 5.67. The van der Waals surface area contributed by atoms with Crippen molar-refractivity contribution in [2.45, 2.75) is 37.8 Å². The topological polar surface area (TPSA) is 71.2 Å². The van der Waals surface area contributed by atoms with Crippen molar-refractivity contribution < 1.29 is 4.79 Å². The molecule has 6 heteroatoms. The number of nitrogen functional groups attached to an aromatic ring is 1. The second kappa shape index (κ2) is 7.14. The summed E-state index contributed by atoms with van der Waals surface area (Å²) in [6.07, 6.45) is 3.98. The first kappa shape index (κ1) is 16.5. The minimum Gasteiger partial charge on any atom is -0.375 e. The molecule has 2 aromatic rings. The molecular formula is C19H24N4OS. The molecule has 3 heterocycles. The van der Waals surface area contributed by atoms with Crippen LogP contribution in [0.3, 0.4) is 0 Å². The third kappa shape index (κ3) is 3.41. The molecule has 3 atom stereocenters. The van der Waals surface area contributed by atoms with E-state index in [1.165, 1.54) is 23.3 Å². The lowest BCUT2D eigenvalue weighted by atomic mass is 9.93. The minimum atomic E-state index is 0.0909. The Kier molecular flexibility index (Phi) is 4.72. The first-order valence-corrected chi connectivity index (χ1v) is 9.88. The number of hydrogen-bond donors (Lipinski definition) is 2. The summed E-state index contributed by atoms with van der Waals surface area (Å²) in [6, 6.07) is 11.4. The second-order valence-corrected chi connectivity index (χ2v) is 7.82. The SMILES string of the molecule is Nc1nc(CCNC(=O)[C@H]2C[C@@H](c3ccccc3)N3CCC[C@H]23)cs1. The summed E-state index contributed by atoms with van der Waals surface area (Å²) < 4.78 is 0. The molecule has 1 amide bonds.